The summed E-state index contributed by atoms with van der Waals surface area (Å²) in [5.74, 6) is 0.619. The molecule has 25 heavy (non-hydrogen) atoms. The van der Waals surface area contributed by atoms with Crippen LogP contribution in [-0.2, 0) is 13.0 Å². The quantitative estimate of drug-likeness (QED) is 0.898. The second-order valence-electron chi connectivity index (χ2n) is 6.72. The van der Waals surface area contributed by atoms with Crippen molar-refractivity contribution in [2.75, 3.05) is 11.9 Å². The van der Waals surface area contributed by atoms with Gasteiger partial charge in [0.1, 0.15) is 0 Å². The molecule has 2 amide bonds. The number of rotatable bonds is 4. The van der Waals surface area contributed by atoms with Crippen LogP contribution in [0.15, 0.2) is 36.5 Å². The van der Waals surface area contributed by atoms with Gasteiger partial charge in [0.05, 0.1) is 18.3 Å². The van der Waals surface area contributed by atoms with Crippen LogP contribution in [0.4, 0.5) is 10.7 Å². The first kappa shape index (κ1) is 17.2. The van der Waals surface area contributed by atoms with Gasteiger partial charge < -0.3 is 15.5 Å². The number of anilines is 1. The second kappa shape index (κ2) is 7.51. The van der Waals surface area contributed by atoms with Crippen LogP contribution in [0.5, 0.6) is 0 Å². The first-order chi connectivity index (χ1) is 12.0. The molecule has 2 heterocycles. The Hall–Kier alpha value is -2.63. The van der Waals surface area contributed by atoms with Crippen LogP contribution in [-0.4, -0.2) is 33.5 Å². The van der Waals surface area contributed by atoms with E-state index in [1.165, 1.54) is 0 Å². The van der Waals surface area contributed by atoms with E-state index in [1.807, 2.05) is 62.2 Å². The number of fused-ring (bicyclic) bond motifs is 1. The highest BCUT2D eigenvalue weighted by atomic mass is 16.2. The lowest BCUT2D eigenvalue weighted by molar-refractivity contribution is 0.188. The third kappa shape index (κ3) is 4.26. The van der Waals surface area contributed by atoms with Crippen LogP contribution in [0.3, 0.4) is 0 Å². The zero-order chi connectivity index (χ0) is 17.8. The van der Waals surface area contributed by atoms with Crippen molar-refractivity contribution in [3.63, 3.8) is 0 Å². The van der Waals surface area contributed by atoms with E-state index in [0.717, 1.165) is 23.2 Å². The largest absolute Gasteiger partial charge is 0.352 e. The van der Waals surface area contributed by atoms with Gasteiger partial charge in [-0.1, -0.05) is 30.3 Å². The predicted octanol–water partition coefficient (Wildman–Crippen LogP) is 3.13. The third-order valence-electron chi connectivity index (χ3n) is 4.29. The Labute approximate surface area is 148 Å². The van der Waals surface area contributed by atoms with Crippen LogP contribution in [0.25, 0.3) is 0 Å². The molecule has 2 N–H and O–H groups in total. The summed E-state index contributed by atoms with van der Waals surface area (Å²) in [5, 5.41) is 6.28. The number of urea groups is 1. The van der Waals surface area contributed by atoms with Crippen LogP contribution in [0, 0.1) is 0 Å². The molecule has 0 saturated heterocycles. The van der Waals surface area contributed by atoms with E-state index in [-0.39, 0.29) is 18.1 Å². The molecular formula is C19H25N5O. The lowest BCUT2D eigenvalue weighted by Gasteiger charge is -2.29. The van der Waals surface area contributed by atoms with Gasteiger partial charge in [0.15, 0.2) is 0 Å². The number of benzene rings is 1. The summed E-state index contributed by atoms with van der Waals surface area (Å²) in [7, 11) is 0. The van der Waals surface area contributed by atoms with Crippen LogP contribution < -0.4 is 10.6 Å². The van der Waals surface area contributed by atoms with Crippen molar-refractivity contribution in [1.29, 1.82) is 0 Å². The summed E-state index contributed by atoms with van der Waals surface area (Å²) in [4.78, 5) is 23.4. The van der Waals surface area contributed by atoms with Crippen molar-refractivity contribution in [3.8, 4) is 0 Å². The van der Waals surface area contributed by atoms with Gasteiger partial charge in [-0.15, -0.1) is 0 Å². The number of nitrogens with zero attached hydrogens (tertiary/aromatic N) is 3. The Morgan fingerprint density at radius 3 is 2.68 bits per heavy atom. The van der Waals surface area contributed by atoms with Crippen molar-refractivity contribution in [3.05, 3.63) is 53.3 Å². The highest BCUT2D eigenvalue weighted by molar-refractivity contribution is 5.75. The molecule has 1 atom stereocenters. The Bertz CT molecular complexity index is 732. The van der Waals surface area contributed by atoms with Gasteiger partial charge in [-0.25, -0.2) is 14.8 Å². The highest BCUT2D eigenvalue weighted by Gasteiger charge is 2.23. The molecule has 2 aromatic rings. The molecule has 1 aromatic heterocycles. The number of hydrogen-bond donors (Lipinski definition) is 2. The van der Waals surface area contributed by atoms with E-state index < -0.39 is 0 Å². The van der Waals surface area contributed by atoms with Crippen LogP contribution >= 0.6 is 0 Å². The number of nitrogens with one attached hydrogen (secondary N) is 2. The number of amides is 2. The van der Waals surface area contributed by atoms with Crippen molar-refractivity contribution in [2.45, 2.75) is 45.8 Å². The first-order valence-corrected chi connectivity index (χ1v) is 8.74. The summed E-state index contributed by atoms with van der Waals surface area (Å²) in [6, 6.07) is 10.2. The fourth-order valence-electron chi connectivity index (χ4n) is 2.91. The van der Waals surface area contributed by atoms with Gasteiger partial charge >= 0.3 is 6.03 Å². The molecular weight excluding hydrogens is 314 g/mol. The molecule has 6 nitrogen and oxygen atoms in total. The van der Waals surface area contributed by atoms with Gasteiger partial charge in [0, 0.05) is 18.8 Å². The number of carbonyl (C=O) groups excluding carboxylic acids is 1. The van der Waals surface area contributed by atoms with Crippen LogP contribution in [0.1, 0.15) is 43.6 Å². The molecule has 0 radical (unpaired) electrons. The molecule has 6 heteroatoms. The van der Waals surface area contributed by atoms with Gasteiger partial charge in [0.2, 0.25) is 5.95 Å². The van der Waals surface area contributed by atoms with E-state index in [1.54, 1.807) is 0 Å². The van der Waals surface area contributed by atoms with E-state index in [9.17, 15) is 4.79 Å². The third-order valence-corrected chi connectivity index (χ3v) is 4.29. The van der Waals surface area contributed by atoms with Crippen molar-refractivity contribution >= 4 is 12.0 Å². The fourth-order valence-corrected chi connectivity index (χ4v) is 2.91. The van der Waals surface area contributed by atoms with E-state index in [0.29, 0.717) is 19.0 Å². The Morgan fingerprint density at radius 2 is 1.96 bits per heavy atom. The zero-order valence-electron chi connectivity index (χ0n) is 15.0. The molecule has 0 spiro atoms. The van der Waals surface area contributed by atoms with Crippen molar-refractivity contribution < 1.29 is 4.79 Å². The monoisotopic (exact) mass is 339 g/mol. The second-order valence-corrected chi connectivity index (χ2v) is 6.72. The lowest BCUT2D eigenvalue weighted by atomic mass is 10.1. The summed E-state index contributed by atoms with van der Waals surface area (Å²) in [5.41, 5.74) is 3.14. The Morgan fingerprint density at radius 1 is 1.20 bits per heavy atom. The first-order valence-electron chi connectivity index (χ1n) is 8.74. The number of carbonyl (C=O) groups is 1. The maximum Gasteiger partial charge on any atom is 0.318 e. The van der Waals surface area contributed by atoms with E-state index in [4.69, 9.17) is 0 Å². The maximum atomic E-state index is 12.6. The molecule has 0 unspecified atom stereocenters. The molecule has 0 fully saturated rings. The molecule has 1 aliphatic rings. The fraction of sp³-hybridized carbons (Fsp3) is 0.421. The Kier molecular flexibility index (Phi) is 5.16. The van der Waals surface area contributed by atoms with Gasteiger partial charge in [-0.2, -0.15) is 0 Å². The summed E-state index contributed by atoms with van der Waals surface area (Å²) in [6.07, 6.45) is 2.65. The smallest absolute Gasteiger partial charge is 0.318 e. The maximum absolute atomic E-state index is 12.6. The summed E-state index contributed by atoms with van der Waals surface area (Å²) < 4.78 is 0. The van der Waals surface area contributed by atoms with E-state index >= 15 is 0 Å². The number of hydrogen-bond acceptors (Lipinski definition) is 4. The molecule has 0 saturated carbocycles. The standard InChI is InChI=1S/C19H25N5O/c1-13(2)21-18-20-11-16-9-10-24(12-17(16)23-18)19(25)22-14(3)15-7-5-4-6-8-15/h4-8,11,13-14H,9-10,12H2,1-3H3,(H,22,25)(H,20,21,23)/t14-/m1/s1. The zero-order valence-corrected chi connectivity index (χ0v) is 15.0. The Balaban J connectivity index is 1.66. The van der Waals surface area contributed by atoms with Gasteiger partial charge in [-0.05, 0) is 38.3 Å². The number of aromatic nitrogens is 2. The average Bonchev–Trinajstić information content (AvgIpc) is 2.61. The van der Waals surface area contributed by atoms with E-state index in [2.05, 4.69) is 20.6 Å². The SMILES string of the molecule is CC(C)Nc1ncc2c(n1)CN(C(=O)N[C@H](C)c1ccccc1)CC2. The van der Waals surface area contributed by atoms with Crippen LogP contribution in [0.2, 0.25) is 0 Å². The molecule has 0 aliphatic carbocycles. The molecule has 1 aliphatic heterocycles. The minimum absolute atomic E-state index is 0.0290. The highest BCUT2D eigenvalue weighted by Crippen LogP contribution is 2.19. The molecule has 132 valence electrons. The van der Waals surface area contributed by atoms with Crippen molar-refractivity contribution in [2.24, 2.45) is 0 Å². The molecule has 0 bridgehead atoms. The van der Waals surface area contributed by atoms with Gasteiger partial charge in [0.25, 0.3) is 0 Å². The minimum Gasteiger partial charge on any atom is -0.352 e. The summed E-state index contributed by atoms with van der Waals surface area (Å²) >= 11 is 0. The predicted molar refractivity (Wildman–Crippen MR) is 98.3 cm³/mol. The average molecular weight is 339 g/mol. The molecule has 1 aromatic carbocycles. The van der Waals surface area contributed by atoms with Crippen molar-refractivity contribution in [1.82, 2.24) is 20.2 Å². The summed E-state index contributed by atoms with van der Waals surface area (Å²) in [6.45, 7) is 7.29. The topological polar surface area (TPSA) is 70.2 Å². The minimum atomic E-state index is -0.0565. The normalized spacial score (nSPS) is 14.8. The van der Waals surface area contributed by atoms with Gasteiger partial charge in [-0.3, -0.25) is 0 Å². The molecule has 3 rings (SSSR count). The lowest BCUT2D eigenvalue weighted by Crippen LogP contribution is -2.44.